The van der Waals surface area contributed by atoms with E-state index in [1.807, 2.05) is 84.5 Å². The lowest BCUT2D eigenvalue weighted by atomic mass is 10.1. The van der Waals surface area contributed by atoms with Crippen LogP contribution >= 0.6 is 0 Å². The number of carbonyl (C=O) groups is 1. The summed E-state index contributed by atoms with van der Waals surface area (Å²) in [6, 6.07) is 21.4. The van der Waals surface area contributed by atoms with Gasteiger partial charge in [0.2, 0.25) is 0 Å². The van der Waals surface area contributed by atoms with Crippen LogP contribution in [0.4, 0.5) is 5.69 Å². The molecule has 2 aromatic carbocycles. The van der Waals surface area contributed by atoms with E-state index in [-0.39, 0.29) is 5.91 Å². The van der Waals surface area contributed by atoms with E-state index in [2.05, 4.69) is 5.32 Å². The van der Waals surface area contributed by atoms with Crippen LogP contribution in [0.1, 0.15) is 10.5 Å². The summed E-state index contributed by atoms with van der Waals surface area (Å²) < 4.78 is 1.85. The second kappa shape index (κ2) is 5.67. The van der Waals surface area contributed by atoms with Crippen molar-refractivity contribution < 1.29 is 4.79 Å². The maximum Gasteiger partial charge on any atom is 0.272 e. The van der Waals surface area contributed by atoms with Gasteiger partial charge in [-0.15, -0.1) is 0 Å². The zero-order chi connectivity index (χ0) is 14.7. The predicted octanol–water partition coefficient (Wildman–Crippen LogP) is 3.94. The number of nitrogens with one attached hydrogen (secondary N) is 1. The van der Waals surface area contributed by atoms with Crippen molar-refractivity contribution in [1.29, 1.82) is 0 Å². The highest BCUT2D eigenvalue weighted by atomic mass is 16.1. The maximum atomic E-state index is 12.3. The Morgan fingerprint density at radius 3 is 2.19 bits per heavy atom. The maximum absolute atomic E-state index is 12.3. The third-order valence-electron chi connectivity index (χ3n) is 3.38. The van der Waals surface area contributed by atoms with E-state index in [1.165, 1.54) is 0 Å². The average Bonchev–Trinajstić information content (AvgIpc) is 2.91. The SMILES string of the molecule is Cn1cc(-c2ccccc2)cc1C(=O)Nc1ccccc1. The molecule has 0 spiro atoms. The van der Waals surface area contributed by atoms with Gasteiger partial charge in [-0.1, -0.05) is 48.5 Å². The summed E-state index contributed by atoms with van der Waals surface area (Å²) in [4.78, 5) is 12.3. The standard InChI is InChI=1S/C18H16N2O/c1-20-13-15(14-8-4-2-5-9-14)12-17(20)18(21)19-16-10-6-3-7-11-16/h2-13H,1H3,(H,19,21). The molecule has 0 aliphatic heterocycles. The number of hydrogen-bond donors (Lipinski definition) is 1. The molecular formula is C18H16N2O. The van der Waals surface area contributed by atoms with Crippen molar-refractivity contribution in [2.24, 2.45) is 7.05 Å². The second-order valence-electron chi connectivity index (χ2n) is 4.91. The number of benzene rings is 2. The Bertz CT molecular complexity index is 745. The molecule has 1 aromatic heterocycles. The van der Waals surface area contributed by atoms with Crippen LogP contribution in [-0.4, -0.2) is 10.5 Å². The molecule has 1 heterocycles. The number of para-hydroxylation sites is 1. The number of amides is 1. The van der Waals surface area contributed by atoms with E-state index in [1.54, 1.807) is 0 Å². The van der Waals surface area contributed by atoms with Crippen molar-refractivity contribution in [3.05, 3.63) is 78.6 Å². The average molecular weight is 276 g/mol. The van der Waals surface area contributed by atoms with Crippen molar-refractivity contribution in [1.82, 2.24) is 4.57 Å². The molecule has 0 fully saturated rings. The first kappa shape index (κ1) is 13.2. The molecule has 0 aliphatic rings. The summed E-state index contributed by atoms with van der Waals surface area (Å²) in [7, 11) is 1.88. The molecule has 0 saturated heterocycles. The van der Waals surface area contributed by atoms with E-state index < -0.39 is 0 Å². The van der Waals surface area contributed by atoms with E-state index in [9.17, 15) is 4.79 Å². The van der Waals surface area contributed by atoms with Gasteiger partial charge in [0.25, 0.3) is 5.91 Å². The smallest absolute Gasteiger partial charge is 0.272 e. The molecule has 3 heteroatoms. The van der Waals surface area contributed by atoms with Crippen LogP contribution in [0.3, 0.4) is 0 Å². The lowest BCUT2D eigenvalue weighted by molar-refractivity contribution is 0.101. The monoisotopic (exact) mass is 276 g/mol. The van der Waals surface area contributed by atoms with Crippen molar-refractivity contribution in [3.8, 4) is 11.1 Å². The van der Waals surface area contributed by atoms with Crippen LogP contribution in [0, 0.1) is 0 Å². The van der Waals surface area contributed by atoms with Gasteiger partial charge < -0.3 is 9.88 Å². The van der Waals surface area contributed by atoms with E-state index in [4.69, 9.17) is 0 Å². The molecule has 3 rings (SSSR count). The molecule has 3 aromatic rings. The normalized spacial score (nSPS) is 10.3. The first-order valence-corrected chi connectivity index (χ1v) is 6.82. The number of carbonyl (C=O) groups excluding carboxylic acids is 1. The Balaban J connectivity index is 1.86. The number of hydrogen-bond acceptors (Lipinski definition) is 1. The number of anilines is 1. The Kier molecular flexibility index (Phi) is 3.56. The molecule has 3 nitrogen and oxygen atoms in total. The van der Waals surface area contributed by atoms with Crippen molar-refractivity contribution in [2.75, 3.05) is 5.32 Å². The van der Waals surface area contributed by atoms with Crippen LogP contribution in [0.15, 0.2) is 72.9 Å². The zero-order valence-corrected chi connectivity index (χ0v) is 11.8. The Morgan fingerprint density at radius 2 is 1.52 bits per heavy atom. The molecule has 0 atom stereocenters. The van der Waals surface area contributed by atoms with Gasteiger partial charge in [-0.25, -0.2) is 0 Å². The zero-order valence-electron chi connectivity index (χ0n) is 11.8. The van der Waals surface area contributed by atoms with Crippen molar-refractivity contribution >= 4 is 11.6 Å². The minimum Gasteiger partial charge on any atom is -0.346 e. The summed E-state index contributed by atoms with van der Waals surface area (Å²) in [5, 5.41) is 2.90. The van der Waals surface area contributed by atoms with Gasteiger partial charge in [-0.2, -0.15) is 0 Å². The number of nitrogens with zero attached hydrogens (tertiary/aromatic N) is 1. The predicted molar refractivity (Wildman–Crippen MR) is 85.2 cm³/mol. The van der Waals surface area contributed by atoms with Gasteiger partial charge in [-0.05, 0) is 23.8 Å². The van der Waals surface area contributed by atoms with Crippen LogP contribution in [0.5, 0.6) is 0 Å². The third-order valence-corrected chi connectivity index (χ3v) is 3.38. The van der Waals surface area contributed by atoms with Gasteiger partial charge in [-0.3, -0.25) is 4.79 Å². The summed E-state index contributed by atoms with van der Waals surface area (Å²) in [6.45, 7) is 0. The van der Waals surface area contributed by atoms with Gasteiger partial charge >= 0.3 is 0 Å². The largest absolute Gasteiger partial charge is 0.346 e. The van der Waals surface area contributed by atoms with Crippen LogP contribution in [-0.2, 0) is 7.05 Å². The summed E-state index contributed by atoms with van der Waals surface area (Å²) in [5.41, 5.74) is 3.57. The summed E-state index contributed by atoms with van der Waals surface area (Å²) in [5.74, 6) is -0.106. The van der Waals surface area contributed by atoms with E-state index in [0.717, 1.165) is 16.8 Å². The van der Waals surface area contributed by atoms with Gasteiger partial charge in [0.05, 0.1) is 0 Å². The number of aryl methyl sites for hydroxylation is 1. The lowest BCUT2D eigenvalue weighted by Crippen LogP contribution is -2.15. The molecule has 1 N–H and O–H groups in total. The van der Waals surface area contributed by atoms with Crippen LogP contribution < -0.4 is 5.32 Å². The van der Waals surface area contributed by atoms with Crippen LogP contribution in [0.25, 0.3) is 11.1 Å². The highest BCUT2D eigenvalue weighted by molar-refractivity contribution is 6.04. The highest BCUT2D eigenvalue weighted by Gasteiger charge is 2.12. The molecule has 0 aliphatic carbocycles. The summed E-state index contributed by atoms with van der Waals surface area (Å²) in [6.07, 6.45) is 1.97. The summed E-state index contributed by atoms with van der Waals surface area (Å²) >= 11 is 0. The minimum absolute atomic E-state index is 0.106. The van der Waals surface area contributed by atoms with E-state index in [0.29, 0.717) is 5.69 Å². The Hall–Kier alpha value is -2.81. The molecule has 0 radical (unpaired) electrons. The molecule has 0 unspecified atom stereocenters. The quantitative estimate of drug-likeness (QED) is 0.772. The van der Waals surface area contributed by atoms with Gasteiger partial charge in [0.15, 0.2) is 0 Å². The third kappa shape index (κ3) is 2.87. The molecular weight excluding hydrogens is 260 g/mol. The Morgan fingerprint density at radius 1 is 0.905 bits per heavy atom. The first-order chi connectivity index (χ1) is 10.2. The first-order valence-electron chi connectivity index (χ1n) is 6.82. The fourth-order valence-corrected chi connectivity index (χ4v) is 2.30. The van der Waals surface area contributed by atoms with E-state index >= 15 is 0 Å². The number of aromatic nitrogens is 1. The molecule has 0 saturated carbocycles. The highest BCUT2D eigenvalue weighted by Crippen LogP contribution is 2.22. The molecule has 0 bridgehead atoms. The Labute approximate surface area is 123 Å². The number of rotatable bonds is 3. The van der Waals surface area contributed by atoms with Crippen LogP contribution in [0.2, 0.25) is 0 Å². The fraction of sp³-hybridized carbons (Fsp3) is 0.0556. The van der Waals surface area contributed by atoms with Crippen molar-refractivity contribution in [3.63, 3.8) is 0 Å². The second-order valence-corrected chi connectivity index (χ2v) is 4.91. The lowest BCUT2D eigenvalue weighted by Gasteiger charge is -2.05. The topological polar surface area (TPSA) is 34.0 Å². The van der Waals surface area contributed by atoms with Gasteiger partial charge in [0.1, 0.15) is 5.69 Å². The molecule has 21 heavy (non-hydrogen) atoms. The minimum atomic E-state index is -0.106. The van der Waals surface area contributed by atoms with Crippen molar-refractivity contribution in [2.45, 2.75) is 0 Å². The molecule has 104 valence electrons. The fourth-order valence-electron chi connectivity index (χ4n) is 2.30. The molecule has 1 amide bonds. The van der Waals surface area contributed by atoms with Gasteiger partial charge in [0, 0.05) is 24.5 Å².